The third-order valence-corrected chi connectivity index (χ3v) is 5.05. The smallest absolute Gasteiger partial charge is 0.338 e. The van der Waals surface area contributed by atoms with Crippen LogP contribution < -0.4 is 4.90 Å². The summed E-state index contributed by atoms with van der Waals surface area (Å²) < 4.78 is 12.4. The molecule has 1 N–H and O–H groups in total. The number of morpholine rings is 1. The fourth-order valence-electron chi connectivity index (χ4n) is 3.65. The second-order valence-electron chi connectivity index (χ2n) is 6.83. The maximum Gasteiger partial charge on any atom is 0.338 e. The Morgan fingerprint density at radius 1 is 1.14 bits per heavy atom. The summed E-state index contributed by atoms with van der Waals surface area (Å²) >= 11 is 0. The molecule has 0 amide bonds. The Labute approximate surface area is 169 Å². The van der Waals surface area contributed by atoms with Crippen LogP contribution in [0, 0.1) is 0 Å². The van der Waals surface area contributed by atoms with Crippen LogP contribution in [-0.4, -0.2) is 59.1 Å². The van der Waals surface area contributed by atoms with E-state index in [1.54, 1.807) is 23.7 Å². The normalized spacial score (nSPS) is 15.8. The first-order chi connectivity index (χ1) is 14.3. The van der Waals surface area contributed by atoms with Crippen molar-refractivity contribution in [2.75, 3.05) is 32.9 Å². The molecule has 0 saturated carbocycles. The van der Waals surface area contributed by atoms with Gasteiger partial charge in [0.15, 0.2) is 6.04 Å². The number of esters is 1. The molecule has 1 aliphatic rings. The van der Waals surface area contributed by atoms with Crippen molar-refractivity contribution in [1.29, 1.82) is 0 Å². The average molecular weight is 394 g/mol. The molecule has 1 fully saturated rings. The Balaban J connectivity index is 1.69. The van der Waals surface area contributed by atoms with Crippen LogP contribution in [0.15, 0.2) is 54.6 Å². The van der Waals surface area contributed by atoms with Gasteiger partial charge in [-0.3, -0.25) is 0 Å². The van der Waals surface area contributed by atoms with E-state index in [0.29, 0.717) is 25.4 Å². The van der Waals surface area contributed by atoms with E-state index in [9.17, 15) is 4.79 Å². The molecule has 29 heavy (non-hydrogen) atoms. The number of ether oxygens (including phenoxy) is 2. The number of benzene rings is 2. The molecule has 2 aromatic carbocycles. The summed E-state index contributed by atoms with van der Waals surface area (Å²) in [5.41, 5.74) is 2.46. The van der Waals surface area contributed by atoms with Crippen LogP contribution >= 0.6 is 0 Å². The quantitative estimate of drug-likeness (QED) is 0.624. The number of carbonyl (C=O) groups excluding carboxylic acids is 1. The summed E-state index contributed by atoms with van der Waals surface area (Å²) in [6, 6.07) is 17.4. The van der Waals surface area contributed by atoms with Crippen LogP contribution in [0.25, 0.3) is 5.69 Å². The van der Waals surface area contributed by atoms with Crippen molar-refractivity contribution in [1.82, 2.24) is 20.2 Å². The molecular weight excluding hydrogens is 370 g/mol. The van der Waals surface area contributed by atoms with Crippen LogP contribution in [0.1, 0.15) is 34.7 Å². The molecule has 1 aromatic heterocycles. The fraction of sp³-hybridized carbons (Fsp3) is 0.333. The Hall–Kier alpha value is -3.10. The molecule has 150 valence electrons. The molecule has 0 spiro atoms. The molecule has 3 aromatic rings. The molecule has 0 bridgehead atoms. The van der Waals surface area contributed by atoms with Gasteiger partial charge in [-0.2, -0.15) is 4.68 Å². The van der Waals surface area contributed by atoms with Crippen molar-refractivity contribution < 1.29 is 19.2 Å². The third kappa shape index (κ3) is 4.18. The SMILES string of the molecule is CCOC(=O)c1ccc(-n2nnnc2[C@@H](c2ccccc2)[NH+]2CCOCC2)cc1. The number of tetrazole rings is 1. The van der Waals surface area contributed by atoms with E-state index >= 15 is 0 Å². The summed E-state index contributed by atoms with van der Waals surface area (Å²) in [6.07, 6.45) is 0. The Kier molecular flexibility index (Phi) is 5.92. The van der Waals surface area contributed by atoms with E-state index < -0.39 is 0 Å². The number of carbonyl (C=O) groups is 1. The molecule has 1 atom stereocenters. The fourth-order valence-corrected chi connectivity index (χ4v) is 3.65. The highest BCUT2D eigenvalue weighted by atomic mass is 16.5. The molecular formula is C21H24N5O3+. The average Bonchev–Trinajstić information content (AvgIpc) is 3.25. The minimum absolute atomic E-state index is 0.0140. The standard InChI is InChI=1S/C21H23N5O3/c1-2-29-21(27)17-8-10-18(11-9-17)26-20(22-23-24-26)19(16-6-4-3-5-7-16)25-12-14-28-15-13-25/h3-11,19H,2,12-15H2,1H3/p+1/t19-/m1/s1. The third-order valence-electron chi connectivity index (χ3n) is 5.05. The van der Waals surface area contributed by atoms with Gasteiger partial charge in [-0.25, -0.2) is 4.79 Å². The monoisotopic (exact) mass is 394 g/mol. The molecule has 1 saturated heterocycles. The number of quaternary nitrogens is 1. The number of hydrogen-bond donors (Lipinski definition) is 1. The number of hydrogen-bond acceptors (Lipinski definition) is 6. The van der Waals surface area contributed by atoms with Gasteiger partial charge in [-0.1, -0.05) is 30.3 Å². The van der Waals surface area contributed by atoms with E-state index in [-0.39, 0.29) is 12.0 Å². The van der Waals surface area contributed by atoms with Crippen molar-refractivity contribution in [3.05, 3.63) is 71.5 Å². The molecule has 0 radical (unpaired) electrons. The minimum Gasteiger partial charge on any atom is -0.462 e. The Morgan fingerprint density at radius 3 is 2.55 bits per heavy atom. The summed E-state index contributed by atoms with van der Waals surface area (Å²) in [5, 5.41) is 12.6. The second-order valence-corrected chi connectivity index (χ2v) is 6.83. The molecule has 8 nitrogen and oxygen atoms in total. The molecule has 4 rings (SSSR count). The lowest BCUT2D eigenvalue weighted by Crippen LogP contribution is -3.14. The maximum atomic E-state index is 11.9. The zero-order chi connectivity index (χ0) is 20.1. The lowest BCUT2D eigenvalue weighted by molar-refractivity contribution is -0.933. The van der Waals surface area contributed by atoms with Gasteiger partial charge in [0, 0.05) is 5.56 Å². The maximum absolute atomic E-state index is 11.9. The zero-order valence-corrected chi connectivity index (χ0v) is 16.3. The molecule has 0 aliphatic carbocycles. The molecule has 2 heterocycles. The van der Waals surface area contributed by atoms with Gasteiger partial charge in [0.1, 0.15) is 13.1 Å². The lowest BCUT2D eigenvalue weighted by Gasteiger charge is -2.30. The summed E-state index contributed by atoms with van der Waals surface area (Å²) in [4.78, 5) is 13.3. The summed E-state index contributed by atoms with van der Waals surface area (Å²) in [7, 11) is 0. The van der Waals surface area contributed by atoms with Gasteiger partial charge in [-0.15, -0.1) is 5.10 Å². The number of aromatic nitrogens is 4. The highest BCUT2D eigenvalue weighted by Crippen LogP contribution is 2.20. The minimum atomic E-state index is -0.337. The van der Waals surface area contributed by atoms with E-state index in [4.69, 9.17) is 9.47 Å². The van der Waals surface area contributed by atoms with E-state index in [2.05, 4.69) is 27.7 Å². The van der Waals surface area contributed by atoms with Gasteiger partial charge >= 0.3 is 5.97 Å². The Bertz CT molecular complexity index is 936. The van der Waals surface area contributed by atoms with Crippen LogP contribution in [0.3, 0.4) is 0 Å². The van der Waals surface area contributed by atoms with Gasteiger partial charge in [-0.05, 0) is 41.6 Å². The van der Waals surface area contributed by atoms with Crippen LogP contribution in [-0.2, 0) is 9.47 Å². The molecule has 1 aliphatic heterocycles. The lowest BCUT2D eigenvalue weighted by atomic mass is 10.0. The predicted octanol–water partition coefficient (Wildman–Crippen LogP) is 0.844. The Morgan fingerprint density at radius 2 is 1.86 bits per heavy atom. The molecule has 8 heteroatoms. The summed E-state index contributed by atoms with van der Waals surface area (Å²) in [5.74, 6) is 0.424. The van der Waals surface area contributed by atoms with Gasteiger partial charge in [0.2, 0.25) is 5.82 Å². The van der Waals surface area contributed by atoms with Crippen molar-refractivity contribution in [2.24, 2.45) is 0 Å². The summed E-state index contributed by atoms with van der Waals surface area (Å²) in [6.45, 7) is 5.33. The van der Waals surface area contributed by atoms with Crippen LogP contribution in [0.5, 0.6) is 0 Å². The van der Waals surface area contributed by atoms with E-state index in [1.807, 2.05) is 30.3 Å². The topological polar surface area (TPSA) is 83.6 Å². The first kappa shape index (κ1) is 19.2. The van der Waals surface area contributed by atoms with Crippen molar-refractivity contribution in [2.45, 2.75) is 13.0 Å². The van der Waals surface area contributed by atoms with Crippen molar-refractivity contribution in [3.8, 4) is 5.69 Å². The zero-order valence-electron chi connectivity index (χ0n) is 16.3. The van der Waals surface area contributed by atoms with Crippen molar-refractivity contribution >= 4 is 5.97 Å². The van der Waals surface area contributed by atoms with Crippen LogP contribution in [0.4, 0.5) is 0 Å². The number of nitrogens with one attached hydrogen (secondary N) is 1. The first-order valence-electron chi connectivity index (χ1n) is 9.81. The molecule has 0 unspecified atom stereocenters. The number of rotatable bonds is 6. The van der Waals surface area contributed by atoms with E-state index in [1.165, 1.54) is 4.90 Å². The van der Waals surface area contributed by atoms with E-state index in [0.717, 1.165) is 30.2 Å². The first-order valence-corrected chi connectivity index (χ1v) is 9.81. The van der Waals surface area contributed by atoms with Gasteiger partial charge < -0.3 is 14.4 Å². The largest absolute Gasteiger partial charge is 0.462 e. The second kappa shape index (κ2) is 8.93. The van der Waals surface area contributed by atoms with Gasteiger partial charge in [0.05, 0.1) is 31.1 Å². The van der Waals surface area contributed by atoms with Crippen molar-refractivity contribution in [3.63, 3.8) is 0 Å². The highest BCUT2D eigenvalue weighted by Gasteiger charge is 2.33. The van der Waals surface area contributed by atoms with Crippen LogP contribution in [0.2, 0.25) is 0 Å². The highest BCUT2D eigenvalue weighted by molar-refractivity contribution is 5.89. The predicted molar refractivity (Wildman–Crippen MR) is 105 cm³/mol. The van der Waals surface area contributed by atoms with Gasteiger partial charge in [0.25, 0.3) is 0 Å². The number of nitrogens with zero attached hydrogens (tertiary/aromatic N) is 4.